The first-order valence-corrected chi connectivity index (χ1v) is 6.10. The Balaban J connectivity index is 2.21. The second kappa shape index (κ2) is 5.01. The van der Waals surface area contributed by atoms with Gasteiger partial charge in [-0.1, -0.05) is 0 Å². The van der Waals surface area contributed by atoms with Crippen molar-refractivity contribution >= 4 is 27.6 Å². The van der Waals surface area contributed by atoms with Crippen LogP contribution in [0, 0.1) is 5.82 Å². The SMILES string of the molecule is CCONC(=O)N1CCc2cc(Br)c(F)cc21. The number of carbonyl (C=O) groups excluding carboxylic acids is 1. The van der Waals surface area contributed by atoms with E-state index in [4.69, 9.17) is 4.84 Å². The molecule has 1 aromatic carbocycles. The van der Waals surface area contributed by atoms with Gasteiger partial charge in [0.1, 0.15) is 5.82 Å². The van der Waals surface area contributed by atoms with Crippen LogP contribution in [0.25, 0.3) is 0 Å². The lowest BCUT2D eigenvalue weighted by atomic mass is 10.2. The molecule has 92 valence electrons. The van der Waals surface area contributed by atoms with Crippen LogP contribution in [0.4, 0.5) is 14.9 Å². The largest absolute Gasteiger partial charge is 0.345 e. The van der Waals surface area contributed by atoms with E-state index in [9.17, 15) is 9.18 Å². The molecule has 0 spiro atoms. The van der Waals surface area contributed by atoms with E-state index in [-0.39, 0.29) is 11.8 Å². The first-order chi connectivity index (χ1) is 8.13. The van der Waals surface area contributed by atoms with Gasteiger partial charge < -0.3 is 0 Å². The molecule has 17 heavy (non-hydrogen) atoms. The minimum atomic E-state index is -0.375. The highest BCUT2D eigenvalue weighted by Gasteiger charge is 2.26. The summed E-state index contributed by atoms with van der Waals surface area (Å²) in [5.74, 6) is -0.375. The molecule has 0 aliphatic carbocycles. The lowest BCUT2D eigenvalue weighted by molar-refractivity contribution is 0.0734. The Morgan fingerprint density at radius 2 is 2.41 bits per heavy atom. The number of benzene rings is 1. The van der Waals surface area contributed by atoms with Crippen LogP contribution in [0.2, 0.25) is 0 Å². The molecule has 0 aromatic heterocycles. The molecule has 0 saturated carbocycles. The van der Waals surface area contributed by atoms with Crippen molar-refractivity contribution < 1.29 is 14.0 Å². The number of hydroxylamine groups is 1. The van der Waals surface area contributed by atoms with Gasteiger partial charge in [0, 0.05) is 6.54 Å². The van der Waals surface area contributed by atoms with Gasteiger partial charge in [-0.15, -0.1) is 0 Å². The molecule has 0 radical (unpaired) electrons. The number of amides is 2. The fourth-order valence-electron chi connectivity index (χ4n) is 1.78. The summed E-state index contributed by atoms with van der Waals surface area (Å²) in [6.45, 7) is 2.69. The minimum absolute atomic E-state index is 0.368. The van der Waals surface area contributed by atoms with Gasteiger partial charge in [0.15, 0.2) is 0 Å². The van der Waals surface area contributed by atoms with E-state index < -0.39 is 0 Å². The summed E-state index contributed by atoms with van der Waals surface area (Å²) in [6.07, 6.45) is 0.716. The van der Waals surface area contributed by atoms with Crippen molar-refractivity contribution in [3.05, 3.63) is 28.0 Å². The van der Waals surface area contributed by atoms with Gasteiger partial charge in [-0.25, -0.2) is 14.7 Å². The van der Waals surface area contributed by atoms with Crippen LogP contribution in [-0.4, -0.2) is 19.2 Å². The van der Waals surface area contributed by atoms with Gasteiger partial charge >= 0.3 is 6.03 Å². The standard InChI is InChI=1S/C11H12BrFN2O2/c1-2-17-14-11(16)15-4-3-7-5-8(12)9(13)6-10(7)15/h5-6H,2-4H2,1H3,(H,14,16). The summed E-state index contributed by atoms with van der Waals surface area (Å²) in [4.78, 5) is 18.0. The highest BCUT2D eigenvalue weighted by atomic mass is 79.9. The molecule has 1 aliphatic rings. The summed E-state index contributed by atoms with van der Waals surface area (Å²) < 4.78 is 13.8. The van der Waals surface area contributed by atoms with E-state index in [2.05, 4.69) is 21.4 Å². The molecule has 2 rings (SSSR count). The van der Waals surface area contributed by atoms with Crippen molar-refractivity contribution in [3.8, 4) is 0 Å². The van der Waals surface area contributed by atoms with Gasteiger partial charge in [0.05, 0.1) is 16.8 Å². The van der Waals surface area contributed by atoms with Gasteiger partial charge in [-0.2, -0.15) is 0 Å². The molecule has 0 saturated heterocycles. The van der Waals surface area contributed by atoms with Crippen molar-refractivity contribution in [1.29, 1.82) is 0 Å². The maximum absolute atomic E-state index is 13.4. The van der Waals surface area contributed by atoms with E-state index in [1.54, 1.807) is 13.0 Å². The molecule has 6 heteroatoms. The van der Waals surface area contributed by atoms with E-state index in [0.717, 1.165) is 5.56 Å². The molecule has 0 fully saturated rings. The number of nitrogens with zero attached hydrogens (tertiary/aromatic N) is 1. The fraction of sp³-hybridized carbons (Fsp3) is 0.364. The van der Waals surface area contributed by atoms with Gasteiger partial charge in [0.25, 0.3) is 0 Å². The molecule has 1 aliphatic heterocycles. The summed E-state index contributed by atoms with van der Waals surface area (Å²) >= 11 is 3.13. The van der Waals surface area contributed by atoms with E-state index in [1.807, 2.05) is 0 Å². The maximum Gasteiger partial charge on any atom is 0.345 e. The third-order valence-electron chi connectivity index (χ3n) is 2.57. The van der Waals surface area contributed by atoms with Crippen LogP contribution in [0.1, 0.15) is 12.5 Å². The van der Waals surface area contributed by atoms with Crippen LogP contribution in [0.3, 0.4) is 0 Å². The molecular formula is C11H12BrFN2O2. The number of nitrogens with one attached hydrogen (secondary N) is 1. The second-order valence-electron chi connectivity index (χ2n) is 3.64. The van der Waals surface area contributed by atoms with Crippen molar-refractivity contribution in [1.82, 2.24) is 5.48 Å². The number of rotatable bonds is 2. The Hall–Kier alpha value is -1.14. The first kappa shape index (κ1) is 12.3. The molecule has 4 nitrogen and oxygen atoms in total. The highest BCUT2D eigenvalue weighted by molar-refractivity contribution is 9.10. The Morgan fingerprint density at radius 3 is 3.12 bits per heavy atom. The monoisotopic (exact) mass is 302 g/mol. The molecule has 1 aromatic rings. The summed E-state index contributed by atoms with van der Waals surface area (Å²) in [7, 11) is 0. The van der Waals surface area contributed by atoms with E-state index in [1.165, 1.54) is 11.0 Å². The first-order valence-electron chi connectivity index (χ1n) is 5.30. The number of urea groups is 1. The third-order valence-corrected chi connectivity index (χ3v) is 3.17. The Bertz CT molecular complexity index is 453. The molecule has 0 bridgehead atoms. The Kier molecular flexibility index (Phi) is 3.63. The second-order valence-corrected chi connectivity index (χ2v) is 4.49. The van der Waals surface area contributed by atoms with Gasteiger partial charge in [0.2, 0.25) is 0 Å². The average molecular weight is 303 g/mol. The van der Waals surface area contributed by atoms with Crippen molar-refractivity contribution in [2.45, 2.75) is 13.3 Å². The van der Waals surface area contributed by atoms with E-state index in [0.29, 0.717) is 29.7 Å². The number of halogens is 2. The Labute approximate surface area is 107 Å². The normalized spacial score (nSPS) is 13.7. The average Bonchev–Trinajstić information content (AvgIpc) is 2.69. The number of hydrogen-bond acceptors (Lipinski definition) is 2. The zero-order valence-corrected chi connectivity index (χ0v) is 10.9. The Morgan fingerprint density at radius 1 is 1.65 bits per heavy atom. The smallest absolute Gasteiger partial charge is 0.292 e. The number of hydrogen-bond donors (Lipinski definition) is 1. The lowest BCUT2D eigenvalue weighted by Crippen LogP contribution is -2.38. The van der Waals surface area contributed by atoms with Crippen LogP contribution in [0.15, 0.2) is 16.6 Å². The van der Waals surface area contributed by atoms with Crippen molar-refractivity contribution in [3.63, 3.8) is 0 Å². The predicted octanol–water partition coefficient (Wildman–Crippen LogP) is 2.61. The van der Waals surface area contributed by atoms with Crippen molar-refractivity contribution in [2.75, 3.05) is 18.1 Å². The molecule has 2 amide bonds. The van der Waals surface area contributed by atoms with Crippen LogP contribution >= 0.6 is 15.9 Å². The van der Waals surface area contributed by atoms with Crippen LogP contribution in [-0.2, 0) is 11.3 Å². The molecule has 1 N–H and O–H groups in total. The summed E-state index contributed by atoms with van der Waals surface area (Å²) in [5, 5.41) is 0. The molecular weight excluding hydrogens is 291 g/mol. The fourth-order valence-corrected chi connectivity index (χ4v) is 2.17. The zero-order valence-electron chi connectivity index (χ0n) is 9.30. The highest BCUT2D eigenvalue weighted by Crippen LogP contribution is 2.32. The van der Waals surface area contributed by atoms with Crippen LogP contribution in [0.5, 0.6) is 0 Å². The predicted molar refractivity (Wildman–Crippen MR) is 65.3 cm³/mol. The zero-order chi connectivity index (χ0) is 12.4. The topological polar surface area (TPSA) is 41.6 Å². The molecule has 1 heterocycles. The minimum Gasteiger partial charge on any atom is -0.292 e. The maximum atomic E-state index is 13.4. The number of anilines is 1. The number of carbonyl (C=O) groups is 1. The van der Waals surface area contributed by atoms with Gasteiger partial charge in [-0.05, 0) is 47.0 Å². The number of fused-ring (bicyclic) bond motifs is 1. The van der Waals surface area contributed by atoms with Crippen LogP contribution < -0.4 is 10.4 Å². The third kappa shape index (κ3) is 2.42. The molecule has 0 unspecified atom stereocenters. The molecule has 0 atom stereocenters. The van der Waals surface area contributed by atoms with E-state index >= 15 is 0 Å². The summed E-state index contributed by atoms with van der Waals surface area (Å²) in [5.41, 5.74) is 3.85. The van der Waals surface area contributed by atoms with Gasteiger partial charge in [-0.3, -0.25) is 9.74 Å². The summed E-state index contributed by atoms with van der Waals surface area (Å²) in [6, 6.07) is 2.70. The van der Waals surface area contributed by atoms with Crippen molar-refractivity contribution in [2.24, 2.45) is 0 Å². The lowest BCUT2D eigenvalue weighted by Gasteiger charge is -2.17. The quantitative estimate of drug-likeness (QED) is 0.853.